The first-order valence-electron chi connectivity index (χ1n) is 23.9. The van der Waals surface area contributed by atoms with Gasteiger partial charge in [-0.25, -0.2) is 0 Å². The fourth-order valence-corrected chi connectivity index (χ4v) is 12.4. The van der Waals surface area contributed by atoms with Gasteiger partial charge in [-0.1, -0.05) is 218 Å². The Kier molecular flexibility index (Phi) is 8.69. The summed E-state index contributed by atoms with van der Waals surface area (Å²) >= 11 is 0. The van der Waals surface area contributed by atoms with Crippen LogP contribution in [0.1, 0.15) is 44.5 Å². The van der Waals surface area contributed by atoms with E-state index >= 15 is 0 Å². The van der Waals surface area contributed by atoms with E-state index in [-0.39, 0.29) is 5.41 Å². The van der Waals surface area contributed by atoms with Crippen molar-refractivity contribution in [1.82, 2.24) is 0 Å². The predicted octanol–water partition coefficient (Wildman–Crippen LogP) is 16.8. The number of para-hydroxylation sites is 1. The number of benzene rings is 10. The van der Waals surface area contributed by atoms with Crippen LogP contribution in [-0.4, -0.2) is 0 Å². The number of hydrogen-bond donors (Lipinski definition) is 0. The number of anilines is 3. The Morgan fingerprint density at radius 2 is 0.667 bits per heavy atom. The standard InChI is InChI=1S/C68H43N/c1-3-17-50(18-4-1)67(61-26-12-7-21-55(61)56-22-8-13-27-62(56)67)51-38-31-46(32-39-51)47-33-40-53(41-34-47)69(52-19-5-2-6-20-52)54-42-35-48(36-43-54)49-37-44-60-59-25-11-16-30-65(59)68(66(60)45-49)63-28-14-9-23-57(63)58-24-10-15-29-64(58)68/h1-12,14-26,28-45H. The number of rotatable bonds is 7. The van der Waals surface area contributed by atoms with Crippen molar-refractivity contribution in [3.05, 3.63) is 317 Å². The third-order valence-corrected chi connectivity index (χ3v) is 15.2. The lowest BCUT2D eigenvalue weighted by Gasteiger charge is -2.32. The van der Waals surface area contributed by atoms with Gasteiger partial charge < -0.3 is 4.90 Å². The largest absolute Gasteiger partial charge is 0.311 e. The Morgan fingerprint density at radius 1 is 0.275 bits per heavy atom. The van der Waals surface area contributed by atoms with Gasteiger partial charge in [0.2, 0.25) is 0 Å². The zero-order valence-electron chi connectivity index (χ0n) is 37.8. The number of fused-ring (bicyclic) bond motifs is 13. The maximum Gasteiger partial charge on any atom is 0.0792 e. The van der Waals surface area contributed by atoms with E-state index in [9.17, 15) is 0 Å². The van der Waals surface area contributed by atoms with Crippen LogP contribution in [0.15, 0.2) is 261 Å². The lowest BCUT2D eigenvalue weighted by atomic mass is 9.68. The second kappa shape index (κ2) is 15.3. The molecule has 0 amide bonds. The number of hydrogen-bond acceptors (Lipinski definition) is 1. The van der Waals surface area contributed by atoms with E-state index in [0.717, 1.165) is 22.6 Å². The highest BCUT2D eigenvalue weighted by Gasteiger charge is 2.51. The Labute approximate surface area is 403 Å². The van der Waals surface area contributed by atoms with E-state index in [4.69, 9.17) is 0 Å². The van der Waals surface area contributed by atoms with E-state index in [1.165, 1.54) is 94.6 Å². The average molecular weight is 874 g/mol. The maximum absolute atomic E-state index is 3.58. The molecule has 1 atom stereocenters. The van der Waals surface area contributed by atoms with Crippen molar-refractivity contribution in [2.75, 3.05) is 4.90 Å². The van der Waals surface area contributed by atoms with Gasteiger partial charge in [0.15, 0.2) is 0 Å². The van der Waals surface area contributed by atoms with Gasteiger partial charge in [-0.2, -0.15) is 0 Å². The lowest BCUT2D eigenvalue weighted by molar-refractivity contribution is 0.769. The molecule has 0 saturated heterocycles. The molecule has 1 heteroatoms. The van der Waals surface area contributed by atoms with Gasteiger partial charge in [0, 0.05) is 22.6 Å². The van der Waals surface area contributed by atoms with E-state index in [1.54, 1.807) is 0 Å². The van der Waals surface area contributed by atoms with Gasteiger partial charge in [-0.15, -0.1) is 0 Å². The molecule has 11 aromatic rings. The third-order valence-electron chi connectivity index (χ3n) is 15.2. The summed E-state index contributed by atoms with van der Waals surface area (Å²) in [7, 11) is 0. The molecular weight excluding hydrogens is 831 g/mol. The fourth-order valence-electron chi connectivity index (χ4n) is 12.4. The molecule has 3 aliphatic rings. The minimum atomic E-state index is -0.498. The smallest absolute Gasteiger partial charge is 0.0792 e. The third kappa shape index (κ3) is 5.61. The summed E-state index contributed by atoms with van der Waals surface area (Å²) in [4.78, 5) is 2.35. The SMILES string of the molecule is c1ccc2c(c#1)C(c1ccccc1)(c1ccc(-c3ccc(N(c4ccccc4)c4ccc(-c5ccc6c(c5)C5(c7ccccc7-c7ccccc75)c5ccccc5-6)cc4)cc3)cc1)c1ccccc1-2. The molecule has 0 fully saturated rings. The molecule has 1 spiro atoms. The number of nitrogens with zero attached hydrogens (tertiary/aromatic N) is 1. The highest BCUT2D eigenvalue weighted by Crippen LogP contribution is 2.63. The molecule has 14 rings (SSSR count). The van der Waals surface area contributed by atoms with Crippen molar-refractivity contribution >= 4 is 17.1 Å². The predicted molar refractivity (Wildman–Crippen MR) is 283 cm³/mol. The van der Waals surface area contributed by atoms with Crippen LogP contribution in [0.5, 0.6) is 0 Å². The van der Waals surface area contributed by atoms with Crippen molar-refractivity contribution < 1.29 is 0 Å². The monoisotopic (exact) mass is 873 g/mol. The lowest BCUT2D eigenvalue weighted by Crippen LogP contribution is -2.28. The van der Waals surface area contributed by atoms with Gasteiger partial charge >= 0.3 is 0 Å². The quantitative estimate of drug-likeness (QED) is 0.154. The summed E-state index contributed by atoms with van der Waals surface area (Å²) < 4.78 is 0. The van der Waals surface area contributed by atoms with Gasteiger partial charge in [0.1, 0.15) is 0 Å². The molecule has 320 valence electrons. The van der Waals surface area contributed by atoms with Crippen LogP contribution in [-0.2, 0) is 10.8 Å². The summed E-state index contributed by atoms with van der Waals surface area (Å²) in [5.74, 6) is 0. The van der Waals surface area contributed by atoms with Crippen molar-refractivity contribution in [3.8, 4) is 55.6 Å². The summed E-state index contributed by atoms with van der Waals surface area (Å²) in [5, 5.41) is 0. The van der Waals surface area contributed by atoms with Crippen molar-refractivity contribution in [2.45, 2.75) is 10.8 Å². The van der Waals surface area contributed by atoms with Crippen LogP contribution in [0, 0.1) is 12.1 Å². The average Bonchev–Trinajstić information content (AvgIpc) is 4.02. The molecule has 0 bridgehead atoms. The first kappa shape index (κ1) is 39.2. The normalized spacial score (nSPS) is 13.6. The highest BCUT2D eigenvalue weighted by molar-refractivity contribution is 5.96. The van der Waals surface area contributed by atoms with Crippen LogP contribution in [0.4, 0.5) is 17.1 Å². The topological polar surface area (TPSA) is 3.24 Å². The molecule has 69 heavy (non-hydrogen) atoms. The van der Waals surface area contributed by atoms with E-state index in [2.05, 4.69) is 272 Å². The van der Waals surface area contributed by atoms with Crippen LogP contribution in [0.3, 0.4) is 0 Å². The van der Waals surface area contributed by atoms with Gasteiger partial charge in [0.25, 0.3) is 0 Å². The molecule has 0 heterocycles. The van der Waals surface area contributed by atoms with Crippen LogP contribution in [0.2, 0.25) is 0 Å². The van der Waals surface area contributed by atoms with E-state index < -0.39 is 5.41 Å². The van der Waals surface area contributed by atoms with Crippen molar-refractivity contribution in [2.24, 2.45) is 0 Å². The molecule has 0 saturated carbocycles. The van der Waals surface area contributed by atoms with Gasteiger partial charge in [-0.05, 0) is 149 Å². The van der Waals surface area contributed by atoms with Crippen LogP contribution in [0.25, 0.3) is 55.6 Å². The molecule has 1 nitrogen and oxygen atoms in total. The molecule has 0 aromatic heterocycles. The van der Waals surface area contributed by atoms with Gasteiger partial charge in [0.05, 0.1) is 10.8 Å². The maximum atomic E-state index is 3.58. The summed E-state index contributed by atoms with van der Waals surface area (Å²) in [6, 6.07) is 103. The zero-order valence-corrected chi connectivity index (χ0v) is 37.8. The molecule has 3 aliphatic carbocycles. The van der Waals surface area contributed by atoms with Crippen LogP contribution < -0.4 is 4.90 Å². The highest BCUT2D eigenvalue weighted by atomic mass is 15.1. The molecule has 0 radical (unpaired) electrons. The second-order valence-electron chi connectivity index (χ2n) is 18.5. The van der Waals surface area contributed by atoms with Gasteiger partial charge in [-0.3, -0.25) is 0 Å². The summed E-state index contributed by atoms with van der Waals surface area (Å²) in [6.45, 7) is 0. The summed E-state index contributed by atoms with van der Waals surface area (Å²) in [6.07, 6.45) is 0. The fraction of sp³-hybridized carbons (Fsp3) is 0.0294. The Morgan fingerprint density at radius 3 is 1.22 bits per heavy atom. The Hall–Kier alpha value is -8.96. The minimum absolute atomic E-state index is 0.371. The Balaban J connectivity index is 0.811. The Bertz CT molecular complexity index is 3650. The molecule has 0 N–H and O–H groups in total. The summed E-state index contributed by atoms with van der Waals surface area (Å²) in [5.41, 5.74) is 25.2. The minimum Gasteiger partial charge on any atom is -0.311 e. The molecule has 0 aliphatic heterocycles. The molecule has 11 aromatic carbocycles. The van der Waals surface area contributed by atoms with Crippen molar-refractivity contribution in [3.63, 3.8) is 0 Å². The molecular formula is C68H43N. The second-order valence-corrected chi connectivity index (χ2v) is 18.5. The first-order valence-corrected chi connectivity index (χ1v) is 23.9. The van der Waals surface area contributed by atoms with Crippen LogP contribution >= 0.6 is 0 Å². The van der Waals surface area contributed by atoms with Crippen molar-refractivity contribution in [1.29, 1.82) is 0 Å². The van der Waals surface area contributed by atoms with E-state index in [0.29, 0.717) is 0 Å². The first-order chi connectivity index (χ1) is 34.2. The molecule has 1 unspecified atom stereocenters. The van der Waals surface area contributed by atoms with E-state index in [1.807, 2.05) is 6.07 Å². The zero-order chi connectivity index (χ0) is 45.5.